The Morgan fingerprint density at radius 2 is 2.25 bits per heavy atom. The van der Waals surface area contributed by atoms with Gasteiger partial charge in [-0.25, -0.2) is 9.90 Å². The van der Waals surface area contributed by atoms with Gasteiger partial charge in [0.15, 0.2) is 0 Å². The highest BCUT2D eigenvalue weighted by atomic mass is 16.2. The molecule has 2 amide bonds. The maximum Gasteiger partial charge on any atom is 0.314 e. The fourth-order valence-corrected chi connectivity index (χ4v) is 1.26. The van der Waals surface area contributed by atoms with E-state index in [4.69, 9.17) is 0 Å². The highest BCUT2D eigenvalue weighted by Gasteiger charge is 1.97. The number of nitrogens with one attached hydrogen (secondary N) is 2. The normalized spacial score (nSPS) is 10.4. The minimum Gasteiger partial charge on any atom is -0.341 e. The molecule has 0 heterocycles. The molecule has 4 heteroatoms. The molecule has 0 unspecified atom stereocenters. The third kappa shape index (κ3) is 4.14. The van der Waals surface area contributed by atoms with Gasteiger partial charge in [-0.15, -0.1) is 0 Å². The number of benzene rings is 1. The number of carbonyl (C=O) groups excluding carboxylic acids is 1. The van der Waals surface area contributed by atoms with Crippen LogP contribution in [-0.4, -0.2) is 19.7 Å². The molecule has 0 aromatic heterocycles. The summed E-state index contributed by atoms with van der Waals surface area (Å²) in [6, 6.07) is 7.45. The Labute approximate surface area is 95.0 Å². The molecule has 1 radical (unpaired) electrons. The van der Waals surface area contributed by atoms with Crippen molar-refractivity contribution in [3.8, 4) is 0 Å². The zero-order valence-electron chi connectivity index (χ0n) is 9.19. The molecule has 0 aliphatic rings. The molecule has 0 spiro atoms. The SMILES string of the molecule is CNC(=O)NCc1cccc(C=CC[O])c1. The van der Waals surface area contributed by atoms with Crippen LogP contribution in [0.1, 0.15) is 11.1 Å². The minimum absolute atomic E-state index is 0.208. The highest BCUT2D eigenvalue weighted by molar-refractivity contribution is 5.73. The van der Waals surface area contributed by atoms with Crippen LogP contribution in [-0.2, 0) is 11.7 Å². The highest BCUT2D eigenvalue weighted by Crippen LogP contribution is 2.06. The Morgan fingerprint density at radius 1 is 1.44 bits per heavy atom. The molecule has 1 rings (SSSR count). The van der Waals surface area contributed by atoms with Gasteiger partial charge in [-0.1, -0.05) is 30.4 Å². The van der Waals surface area contributed by atoms with Crippen LogP contribution in [0.2, 0.25) is 0 Å². The molecular weight excluding hydrogens is 204 g/mol. The lowest BCUT2D eigenvalue weighted by atomic mass is 10.1. The van der Waals surface area contributed by atoms with Crippen molar-refractivity contribution in [1.29, 1.82) is 0 Å². The summed E-state index contributed by atoms with van der Waals surface area (Å²) in [6.45, 7) is 0.249. The van der Waals surface area contributed by atoms with Gasteiger partial charge in [0.1, 0.15) is 6.61 Å². The molecule has 0 aliphatic carbocycles. The van der Waals surface area contributed by atoms with E-state index in [1.54, 1.807) is 19.2 Å². The number of rotatable bonds is 4. The maximum atomic E-state index is 11.0. The average molecular weight is 219 g/mol. The van der Waals surface area contributed by atoms with Crippen LogP contribution < -0.4 is 10.6 Å². The second-order valence-electron chi connectivity index (χ2n) is 3.25. The third-order valence-electron chi connectivity index (χ3n) is 2.04. The van der Waals surface area contributed by atoms with Crippen molar-refractivity contribution < 1.29 is 9.90 Å². The molecule has 0 bridgehead atoms. The van der Waals surface area contributed by atoms with E-state index in [1.165, 1.54) is 0 Å². The first-order chi connectivity index (χ1) is 7.76. The third-order valence-corrected chi connectivity index (χ3v) is 2.04. The summed E-state index contributed by atoms with van der Waals surface area (Å²) in [6.07, 6.45) is 3.34. The first-order valence-corrected chi connectivity index (χ1v) is 5.05. The second kappa shape index (κ2) is 6.63. The fraction of sp³-hybridized carbons (Fsp3) is 0.250. The zero-order chi connectivity index (χ0) is 11.8. The standard InChI is InChI=1S/C12H15N2O2/c1-13-12(16)14-9-11-5-2-4-10(8-11)6-3-7-15/h2-6,8H,7,9H2,1H3,(H2,13,14,16). The smallest absolute Gasteiger partial charge is 0.314 e. The van der Waals surface area contributed by atoms with E-state index in [0.717, 1.165) is 11.1 Å². The molecule has 1 aromatic carbocycles. The summed E-state index contributed by atoms with van der Waals surface area (Å²) >= 11 is 0. The van der Waals surface area contributed by atoms with E-state index < -0.39 is 0 Å². The Balaban J connectivity index is 2.60. The number of hydrogen-bond acceptors (Lipinski definition) is 1. The van der Waals surface area contributed by atoms with Crippen molar-refractivity contribution in [1.82, 2.24) is 10.6 Å². The lowest BCUT2D eigenvalue weighted by Crippen LogP contribution is -2.32. The summed E-state index contributed by atoms with van der Waals surface area (Å²) in [5.74, 6) is 0. The van der Waals surface area contributed by atoms with Crippen LogP contribution in [0.25, 0.3) is 6.08 Å². The monoisotopic (exact) mass is 219 g/mol. The van der Waals surface area contributed by atoms with Crippen molar-refractivity contribution in [3.05, 3.63) is 41.5 Å². The van der Waals surface area contributed by atoms with Crippen molar-refractivity contribution in [2.75, 3.05) is 13.7 Å². The average Bonchev–Trinajstić information content (AvgIpc) is 2.34. The molecule has 0 aliphatic heterocycles. The topological polar surface area (TPSA) is 61.0 Å². The van der Waals surface area contributed by atoms with Crippen molar-refractivity contribution in [3.63, 3.8) is 0 Å². The van der Waals surface area contributed by atoms with Crippen molar-refractivity contribution in [2.45, 2.75) is 6.54 Å². The predicted molar refractivity (Wildman–Crippen MR) is 62.3 cm³/mol. The van der Waals surface area contributed by atoms with Crippen molar-refractivity contribution >= 4 is 12.1 Å². The Kier molecular flexibility index (Phi) is 5.08. The van der Waals surface area contributed by atoms with Crippen LogP contribution in [0.15, 0.2) is 30.3 Å². The molecule has 16 heavy (non-hydrogen) atoms. The summed E-state index contributed by atoms with van der Waals surface area (Å²) in [4.78, 5) is 11.0. The van der Waals surface area contributed by atoms with Gasteiger partial charge in [-0.05, 0) is 17.2 Å². The Bertz CT molecular complexity index is 375. The van der Waals surface area contributed by atoms with E-state index in [-0.39, 0.29) is 12.6 Å². The van der Waals surface area contributed by atoms with E-state index in [2.05, 4.69) is 10.6 Å². The molecule has 1 aromatic rings. The van der Waals surface area contributed by atoms with Gasteiger partial charge in [-0.2, -0.15) is 0 Å². The van der Waals surface area contributed by atoms with E-state index >= 15 is 0 Å². The van der Waals surface area contributed by atoms with Gasteiger partial charge in [-0.3, -0.25) is 0 Å². The van der Waals surface area contributed by atoms with Gasteiger partial charge in [0.25, 0.3) is 0 Å². The first kappa shape index (κ1) is 12.3. The van der Waals surface area contributed by atoms with Gasteiger partial charge >= 0.3 is 6.03 Å². The maximum absolute atomic E-state index is 11.0. The molecule has 4 nitrogen and oxygen atoms in total. The fourth-order valence-electron chi connectivity index (χ4n) is 1.26. The van der Waals surface area contributed by atoms with Gasteiger partial charge < -0.3 is 10.6 Å². The number of amides is 2. The quantitative estimate of drug-likeness (QED) is 0.793. The van der Waals surface area contributed by atoms with Crippen LogP contribution >= 0.6 is 0 Å². The molecule has 0 atom stereocenters. The second-order valence-corrected chi connectivity index (χ2v) is 3.25. The van der Waals surface area contributed by atoms with Crippen molar-refractivity contribution in [2.24, 2.45) is 0 Å². The number of hydrogen-bond donors (Lipinski definition) is 2. The van der Waals surface area contributed by atoms with E-state index in [0.29, 0.717) is 6.54 Å². The molecule has 2 N–H and O–H groups in total. The first-order valence-electron chi connectivity index (χ1n) is 5.05. The van der Waals surface area contributed by atoms with Crippen LogP contribution in [0, 0.1) is 0 Å². The molecule has 0 fully saturated rings. The summed E-state index contributed by atoms with van der Waals surface area (Å²) in [5, 5.41) is 15.5. The van der Waals surface area contributed by atoms with Crippen LogP contribution in [0.5, 0.6) is 0 Å². The molecular formula is C12H15N2O2. The summed E-state index contributed by atoms with van der Waals surface area (Å²) in [5.41, 5.74) is 1.96. The van der Waals surface area contributed by atoms with E-state index in [9.17, 15) is 9.90 Å². The Hall–Kier alpha value is -1.81. The minimum atomic E-state index is -0.222. The molecule has 85 valence electrons. The van der Waals surface area contributed by atoms with Crippen LogP contribution in [0.4, 0.5) is 4.79 Å². The summed E-state index contributed by atoms with van der Waals surface area (Å²) < 4.78 is 0. The van der Waals surface area contributed by atoms with Gasteiger partial charge in [0.2, 0.25) is 0 Å². The van der Waals surface area contributed by atoms with Crippen LogP contribution in [0.3, 0.4) is 0 Å². The lowest BCUT2D eigenvalue weighted by molar-refractivity contribution is 0.233. The molecule has 0 saturated carbocycles. The summed E-state index contributed by atoms with van der Waals surface area (Å²) in [7, 11) is 1.57. The zero-order valence-corrected chi connectivity index (χ0v) is 9.19. The predicted octanol–water partition coefficient (Wildman–Crippen LogP) is 1.56. The van der Waals surface area contributed by atoms with E-state index in [1.807, 2.05) is 24.3 Å². The molecule has 0 saturated heterocycles. The number of urea groups is 1. The largest absolute Gasteiger partial charge is 0.341 e. The van der Waals surface area contributed by atoms with Gasteiger partial charge in [0.05, 0.1) is 0 Å². The number of carbonyl (C=O) groups is 1. The lowest BCUT2D eigenvalue weighted by Gasteiger charge is -2.05. The Morgan fingerprint density at radius 3 is 2.94 bits per heavy atom. The van der Waals surface area contributed by atoms with Gasteiger partial charge in [0, 0.05) is 13.6 Å².